The van der Waals surface area contributed by atoms with Crippen molar-refractivity contribution in [2.75, 3.05) is 18.0 Å². The Morgan fingerprint density at radius 3 is 2.96 bits per heavy atom. The van der Waals surface area contributed by atoms with Crippen LogP contribution in [0.25, 0.3) is 11.0 Å². The van der Waals surface area contributed by atoms with Crippen LogP contribution in [0.3, 0.4) is 0 Å². The van der Waals surface area contributed by atoms with E-state index in [4.69, 9.17) is 0 Å². The van der Waals surface area contributed by atoms with E-state index in [9.17, 15) is 14.0 Å². The predicted octanol–water partition coefficient (Wildman–Crippen LogP) is 2.20. The lowest BCUT2D eigenvalue weighted by Crippen LogP contribution is -2.30. The lowest BCUT2D eigenvalue weighted by atomic mass is 10.1. The number of halogens is 1. The summed E-state index contributed by atoms with van der Waals surface area (Å²) >= 11 is 0. The Morgan fingerprint density at radius 2 is 2.07 bits per heavy atom. The molecule has 0 radical (unpaired) electrons. The van der Waals surface area contributed by atoms with E-state index in [1.807, 2.05) is 24.3 Å². The van der Waals surface area contributed by atoms with Crippen LogP contribution < -0.4 is 10.2 Å². The third-order valence-electron chi connectivity index (χ3n) is 4.67. The fourth-order valence-corrected chi connectivity index (χ4v) is 3.36. The Hall–Kier alpha value is -3.29. The molecule has 0 aliphatic carbocycles. The van der Waals surface area contributed by atoms with Gasteiger partial charge in [-0.15, -0.1) is 0 Å². The third kappa shape index (κ3) is 3.38. The first-order valence-electron chi connectivity index (χ1n) is 8.80. The third-order valence-corrected chi connectivity index (χ3v) is 4.67. The number of benzene rings is 2. The number of rotatable bonds is 5. The summed E-state index contributed by atoms with van der Waals surface area (Å²) in [5, 5.41) is 12.8. The standard InChI is InChI=1S/C19H18FN5O2/c20-13-10-14(18-15(11-13)22-24-23-18)19(27)21-8-3-6-17(26)25-9-7-12-4-1-2-5-16(12)25/h1-2,4-5,10-11H,3,6-9H2,(H,21,27)(H,22,23,24). The summed E-state index contributed by atoms with van der Waals surface area (Å²) in [5.41, 5.74) is 2.89. The molecule has 0 spiro atoms. The molecule has 0 unspecified atom stereocenters. The molecule has 138 valence electrons. The number of carbonyl (C=O) groups is 2. The second-order valence-electron chi connectivity index (χ2n) is 6.43. The Balaban J connectivity index is 1.32. The van der Waals surface area contributed by atoms with E-state index in [-0.39, 0.29) is 11.5 Å². The Bertz CT molecular complexity index is 1020. The van der Waals surface area contributed by atoms with Crippen LogP contribution in [0.2, 0.25) is 0 Å². The summed E-state index contributed by atoms with van der Waals surface area (Å²) in [6.07, 6.45) is 1.70. The molecule has 0 saturated heterocycles. The highest BCUT2D eigenvalue weighted by molar-refractivity contribution is 6.04. The van der Waals surface area contributed by atoms with E-state index in [2.05, 4.69) is 20.7 Å². The van der Waals surface area contributed by atoms with Gasteiger partial charge in [0.2, 0.25) is 5.91 Å². The lowest BCUT2D eigenvalue weighted by Gasteiger charge is -2.17. The maximum absolute atomic E-state index is 13.6. The quantitative estimate of drug-likeness (QED) is 0.677. The van der Waals surface area contributed by atoms with Gasteiger partial charge < -0.3 is 10.2 Å². The molecule has 1 aliphatic rings. The minimum Gasteiger partial charge on any atom is -0.352 e. The van der Waals surface area contributed by atoms with Crippen LogP contribution in [0.1, 0.15) is 28.8 Å². The van der Waals surface area contributed by atoms with Crippen molar-refractivity contribution >= 4 is 28.5 Å². The topological polar surface area (TPSA) is 91.0 Å². The van der Waals surface area contributed by atoms with Crippen LogP contribution in [0, 0.1) is 5.82 Å². The number of H-pyrrole nitrogens is 1. The second kappa shape index (κ2) is 7.14. The SMILES string of the molecule is O=C(NCCCC(=O)N1CCc2ccccc21)c1cc(F)cc2n[nH]nc12. The summed E-state index contributed by atoms with van der Waals surface area (Å²) in [6.45, 7) is 1.01. The van der Waals surface area contributed by atoms with Gasteiger partial charge in [-0.05, 0) is 30.5 Å². The summed E-state index contributed by atoms with van der Waals surface area (Å²) in [6, 6.07) is 10.2. The average Bonchev–Trinajstić information content (AvgIpc) is 3.30. The van der Waals surface area contributed by atoms with Crippen molar-refractivity contribution in [3.8, 4) is 0 Å². The summed E-state index contributed by atoms with van der Waals surface area (Å²) in [4.78, 5) is 26.6. The molecular weight excluding hydrogens is 349 g/mol. The van der Waals surface area contributed by atoms with Crippen molar-refractivity contribution in [1.82, 2.24) is 20.7 Å². The van der Waals surface area contributed by atoms with Gasteiger partial charge >= 0.3 is 0 Å². The number of carbonyl (C=O) groups excluding carboxylic acids is 2. The van der Waals surface area contributed by atoms with Crippen LogP contribution in [0.4, 0.5) is 10.1 Å². The average molecular weight is 367 g/mol. The number of hydrogen-bond acceptors (Lipinski definition) is 4. The molecule has 2 heterocycles. The van der Waals surface area contributed by atoms with Crippen molar-refractivity contribution in [1.29, 1.82) is 0 Å². The molecule has 2 amide bonds. The zero-order valence-electron chi connectivity index (χ0n) is 14.5. The second-order valence-corrected chi connectivity index (χ2v) is 6.43. The highest BCUT2D eigenvalue weighted by Crippen LogP contribution is 2.28. The van der Waals surface area contributed by atoms with E-state index < -0.39 is 11.7 Å². The van der Waals surface area contributed by atoms with Crippen molar-refractivity contribution in [2.24, 2.45) is 0 Å². The molecule has 2 aromatic carbocycles. The molecule has 8 heteroatoms. The predicted molar refractivity (Wildman–Crippen MR) is 97.9 cm³/mol. The van der Waals surface area contributed by atoms with Crippen LogP contribution in [-0.2, 0) is 11.2 Å². The molecule has 3 aromatic rings. The molecule has 0 saturated carbocycles. The van der Waals surface area contributed by atoms with Gasteiger partial charge in [-0.2, -0.15) is 15.4 Å². The Kier molecular flexibility index (Phi) is 4.53. The van der Waals surface area contributed by atoms with E-state index in [1.165, 1.54) is 11.6 Å². The smallest absolute Gasteiger partial charge is 0.253 e. The van der Waals surface area contributed by atoms with Crippen molar-refractivity contribution < 1.29 is 14.0 Å². The molecule has 27 heavy (non-hydrogen) atoms. The number of hydrogen-bond donors (Lipinski definition) is 2. The van der Waals surface area contributed by atoms with Crippen LogP contribution >= 0.6 is 0 Å². The Labute approximate surface area is 154 Å². The number of anilines is 1. The normalized spacial score (nSPS) is 13.0. The number of aromatic nitrogens is 3. The Morgan fingerprint density at radius 1 is 1.22 bits per heavy atom. The van der Waals surface area contributed by atoms with Gasteiger partial charge in [0.25, 0.3) is 5.91 Å². The van der Waals surface area contributed by atoms with Crippen LogP contribution in [0.5, 0.6) is 0 Å². The lowest BCUT2D eigenvalue weighted by molar-refractivity contribution is -0.118. The monoisotopic (exact) mass is 367 g/mol. The summed E-state index contributed by atoms with van der Waals surface area (Å²) < 4.78 is 13.6. The van der Waals surface area contributed by atoms with Crippen molar-refractivity contribution in [2.45, 2.75) is 19.3 Å². The van der Waals surface area contributed by atoms with Gasteiger partial charge in [-0.1, -0.05) is 18.2 Å². The largest absolute Gasteiger partial charge is 0.352 e. The zero-order chi connectivity index (χ0) is 18.8. The number of aromatic amines is 1. The molecular formula is C19H18FN5O2. The molecule has 1 aliphatic heterocycles. The molecule has 1 aromatic heterocycles. The first-order valence-corrected chi connectivity index (χ1v) is 8.80. The minimum absolute atomic E-state index is 0.0406. The van der Waals surface area contributed by atoms with E-state index in [0.29, 0.717) is 37.0 Å². The first-order chi connectivity index (χ1) is 13.1. The van der Waals surface area contributed by atoms with Crippen LogP contribution in [-0.4, -0.2) is 40.3 Å². The first kappa shape index (κ1) is 17.1. The minimum atomic E-state index is -0.551. The van der Waals surface area contributed by atoms with Gasteiger partial charge in [0.15, 0.2) is 0 Å². The molecule has 2 N–H and O–H groups in total. The van der Waals surface area contributed by atoms with Gasteiger partial charge in [-0.3, -0.25) is 9.59 Å². The maximum Gasteiger partial charge on any atom is 0.253 e. The number of nitrogens with zero attached hydrogens (tertiary/aromatic N) is 3. The number of amides is 2. The number of para-hydroxylation sites is 1. The number of nitrogens with one attached hydrogen (secondary N) is 2. The van der Waals surface area contributed by atoms with E-state index >= 15 is 0 Å². The van der Waals surface area contributed by atoms with Crippen LogP contribution in [0.15, 0.2) is 36.4 Å². The molecule has 4 rings (SSSR count). The van der Waals surface area contributed by atoms with Gasteiger partial charge in [0.05, 0.1) is 5.56 Å². The summed E-state index contributed by atoms with van der Waals surface area (Å²) in [7, 11) is 0. The van der Waals surface area contributed by atoms with E-state index in [1.54, 1.807) is 4.90 Å². The van der Waals surface area contributed by atoms with Gasteiger partial charge in [-0.25, -0.2) is 4.39 Å². The van der Waals surface area contributed by atoms with Gasteiger partial charge in [0.1, 0.15) is 16.9 Å². The molecule has 0 fully saturated rings. The highest BCUT2D eigenvalue weighted by atomic mass is 19.1. The molecule has 0 atom stereocenters. The van der Waals surface area contributed by atoms with Crippen molar-refractivity contribution in [3.05, 3.63) is 53.3 Å². The number of fused-ring (bicyclic) bond motifs is 2. The fourth-order valence-electron chi connectivity index (χ4n) is 3.36. The zero-order valence-corrected chi connectivity index (χ0v) is 14.5. The highest BCUT2D eigenvalue weighted by Gasteiger charge is 2.23. The molecule has 0 bridgehead atoms. The van der Waals surface area contributed by atoms with Crippen molar-refractivity contribution in [3.63, 3.8) is 0 Å². The summed E-state index contributed by atoms with van der Waals surface area (Å²) in [5.74, 6) is -0.948. The maximum atomic E-state index is 13.6. The fraction of sp³-hybridized carbons (Fsp3) is 0.263. The molecule has 7 nitrogen and oxygen atoms in total. The van der Waals surface area contributed by atoms with Gasteiger partial charge in [0, 0.05) is 31.3 Å². The van der Waals surface area contributed by atoms with E-state index in [0.717, 1.165) is 18.2 Å².